The van der Waals surface area contributed by atoms with Gasteiger partial charge >= 0.3 is 0 Å². The molecular weight excluding hydrogens is 300 g/mol. The minimum Gasteiger partial charge on any atom is -0.492 e. The quantitative estimate of drug-likeness (QED) is 0.768. The molecule has 0 aliphatic heterocycles. The highest BCUT2D eigenvalue weighted by Gasteiger charge is 2.10. The van der Waals surface area contributed by atoms with Crippen molar-refractivity contribution in [1.29, 1.82) is 0 Å². The standard InChI is InChI=1S/C20H28N2O2/c1-21(2)13-14-24-19-11-9-17(10-12-19)15-22(3)16-20(23)18-7-5-4-6-8-18/h4-12,20,23H,13-16H2,1-3H3/t20-/m1/s1. The van der Waals surface area contributed by atoms with E-state index in [0.29, 0.717) is 13.2 Å². The highest BCUT2D eigenvalue weighted by Crippen LogP contribution is 2.16. The predicted molar refractivity (Wildman–Crippen MR) is 98.2 cm³/mol. The molecule has 1 N–H and O–H groups in total. The van der Waals surface area contributed by atoms with Crippen LogP contribution >= 0.6 is 0 Å². The zero-order valence-corrected chi connectivity index (χ0v) is 14.9. The Morgan fingerprint density at radius 2 is 1.62 bits per heavy atom. The number of nitrogens with zero attached hydrogens (tertiary/aromatic N) is 2. The summed E-state index contributed by atoms with van der Waals surface area (Å²) in [5.41, 5.74) is 2.16. The van der Waals surface area contributed by atoms with E-state index in [9.17, 15) is 5.11 Å². The van der Waals surface area contributed by atoms with E-state index in [1.165, 1.54) is 5.56 Å². The topological polar surface area (TPSA) is 35.9 Å². The molecule has 0 amide bonds. The molecule has 24 heavy (non-hydrogen) atoms. The van der Waals surface area contributed by atoms with Crippen LogP contribution in [0.3, 0.4) is 0 Å². The first-order valence-corrected chi connectivity index (χ1v) is 8.32. The van der Waals surface area contributed by atoms with Crippen LogP contribution in [0.25, 0.3) is 0 Å². The lowest BCUT2D eigenvalue weighted by Crippen LogP contribution is -2.24. The van der Waals surface area contributed by atoms with Gasteiger partial charge in [0.25, 0.3) is 0 Å². The summed E-state index contributed by atoms with van der Waals surface area (Å²) in [7, 11) is 6.09. The van der Waals surface area contributed by atoms with Crippen molar-refractivity contribution < 1.29 is 9.84 Å². The number of aliphatic hydroxyl groups is 1. The van der Waals surface area contributed by atoms with Gasteiger partial charge in [-0.1, -0.05) is 42.5 Å². The first-order valence-electron chi connectivity index (χ1n) is 8.32. The van der Waals surface area contributed by atoms with Crippen molar-refractivity contribution >= 4 is 0 Å². The highest BCUT2D eigenvalue weighted by molar-refractivity contribution is 5.27. The molecule has 0 saturated heterocycles. The van der Waals surface area contributed by atoms with Gasteiger partial charge in [0.1, 0.15) is 12.4 Å². The first-order chi connectivity index (χ1) is 11.5. The second-order valence-corrected chi connectivity index (χ2v) is 6.42. The summed E-state index contributed by atoms with van der Waals surface area (Å²) in [5, 5.41) is 10.3. The fraction of sp³-hybridized carbons (Fsp3) is 0.400. The van der Waals surface area contributed by atoms with Gasteiger partial charge in [-0.2, -0.15) is 0 Å². The molecule has 0 radical (unpaired) electrons. The fourth-order valence-corrected chi connectivity index (χ4v) is 2.49. The van der Waals surface area contributed by atoms with E-state index in [4.69, 9.17) is 4.74 Å². The zero-order valence-electron chi connectivity index (χ0n) is 14.9. The summed E-state index contributed by atoms with van der Waals surface area (Å²) >= 11 is 0. The van der Waals surface area contributed by atoms with Gasteiger partial charge in [0.2, 0.25) is 0 Å². The summed E-state index contributed by atoms with van der Waals surface area (Å²) in [6.07, 6.45) is -0.468. The summed E-state index contributed by atoms with van der Waals surface area (Å²) in [4.78, 5) is 4.22. The van der Waals surface area contributed by atoms with Gasteiger partial charge in [-0.15, -0.1) is 0 Å². The van der Waals surface area contributed by atoms with Crippen LogP contribution in [0.4, 0.5) is 0 Å². The molecule has 0 aromatic heterocycles. The van der Waals surface area contributed by atoms with Gasteiger partial charge in [0.15, 0.2) is 0 Å². The van der Waals surface area contributed by atoms with E-state index in [-0.39, 0.29) is 0 Å². The van der Waals surface area contributed by atoms with Gasteiger partial charge in [-0.3, -0.25) is 4.90 Å². The molecular formula is C20H28N2O2. The zero-order chi connectivity index (χ0) is 17.4. The highest BCUT2D eigenvalue weighted by atomic mass is 16.5. The van der Waals surface area contributed by atoms with Crippen molar-refractivity contribution in [1.82, 2.24) is 9.80 Å². The fourth-order valence-electron chi connectivity index (χ4n) is 2.49. The van der Waals surface area contributed by atoms with Crippen LogP contribution in [0.15, 0.2) is 54.6 Å². The summed E-state index contributed by atoms with van der Waals surface area (Å²) < 4.78 is 5.70. The Labute approximate surface area is 145 Å². The van der Waals surface area contributed by atoms with E-state index < -0.39 is 6.10 Å². The molecule has 0 unspecified atom stereocenters. The van der Waals surface area contributed by atoms with E-state index in [0.717, 1.165) is 24.4 Å². The number of rotatable bonds is 9. The monoisotopic (exact) mass is 328 g/mol. The van der Waals surface area contributed by atoms with E-state index in [2.05, 4.69) is 21.9 Å². The first kappa shape index (κ1) is 18.5. The second-order valence-electron chi connectivity index (χ2n) is 6.42. The molecule has 0 fully saturated rings. The van der Waals surface area contributed by atoms with Gasteiger partial charge in [-0.25, -0.2) is 0 Å². The lowest BCUT2D eigenvalue weighted by atomic mass is 10.1. The SMILES string of the molecule is CN(C)CCOc1ccc(CN(C)C[C@@H](O)c2ccccc2)cc1. The number of ether oxygens (including phenoxy) is 1. The summed E-state index contributed by atoms with van der Waals surface area (Å²) in [6, 6.07) is 18.0. The molecule has 1 atom stereocenters. The Kier molecular flexibility index (Phi) is 7.25. The molecule has 4 nitrogen and oxygen atoms in total. The summed E-state index contributed by atoms with van der Waals surface area (Å²) in [5.74, 6) is 0.896. The predicted octanol–water partition coefficient (Wildman–Crippen LogP) is 2.79. The number of benzene rings is 2. The minimum atomic E-state index is -0.468. The van der Waals surface area contributed by atoms with Gasteiger partial charge in [0, 0.05) is 19.6 Å². The number of aliphatic hydroxyl groups excluding tert-OH is 1. The average molecular weight is 328 g/mol. The molecule has 0 saturated carbocycles. The Bertz CT molecular complexity index is 584. The van der Waals surface area contributed by atoms with E-state index >= 15 is 0 Å². The minimum absolute atomic E-state index is 0.468. The Morgan fingerprint density at radius 3 is 2.25 bits per heavy atom. The molecule has 0 aliphatic carbocycles. The molecule has 0 spiro atoms. The lowest BCUT2D eigenvalue weighted by molar-refractivity contribution is 0.124. The van der Waals surface area contributed by atoms with Crippen molar-refractivity contribution in [3.8, 4) is 5.75 Å². The molecule has 2 aromatic rings. The molecule has 2 rings (SSSR count). The third-order valence-corrected chi connectivity index (χ3v) is 3.85. The number of hydrogen-bond donors (Lipinski definition) is 1. The average Bonchev–Trinajstić information content (AvgIpc) is 2.57. The molecule has 2 aromatic carbocycles. The maximum absolute atomic E-state index is 10.3. The number of likely N-dealkylation sites (N-methyl/N-ethyl adjacent to an activating group) is 2. The van der Waals surface area contributed by atoms with Crippen LogP contribution in [0.5, 0.6) is 5.75 Å². The van der Waals surface area contributed by atoms with Gasteiger partial charge in [-0.05, 0) is 44.4 Å². The smallest absolute Gasteiger partial charge is 0.119 e. The molecule has 0 aliphatic rings. The van der Waals surface area contributed by atoms with Gasteiger partial charge in [0.05, 0.1) is 6.10 Å². The summed E-state index contributed by atoms with van der Waals surface area (Å²) in [6.45, 7) is 2.99. The van der Waals surface area contributed by atoms with Crippen LogP contribution in [-0.2, 0) is 6.54 Å². The van der Waals surface area contributed by atoms with Crippen LogP contribution < -0.4 is 4.74 Å². The molecule has 4 heteroatoms. The second kappa shape index (κ2) is 9.42. The maximum Gasteiger partial charge on any atom is 0.119 e. The lowest BCUT2D eigenvalue weighted by Gasteiger charge is -2.21. The van der Waals surface area contributed by atoms with Crippen molar-refractivity contribution in [3.63, 3.8) is 0 Å². The van der Waals surface area contributed by atoms with Crippen LogP contribution in [0.2, 0.25) is 0 Å². The van der Waals surface area contributed by atoms with Gasteiger partial charge < -0.3 is 14.7 Å². The normalized spacial score (nSPS) is 12.6. The van der Waals surface area contributed by atoms with Crippen molar-refractivity contribution in [2.75, 3.05) is 40.8 Å². The van der Waals surface area contributed by atoms with Crippen LogP contribution in [0.1, 0.15) is 17.2 Å². The Balaban J connectivity index is 1.80. The Hall–Kier alpha value is -1.88. The van der Waals surface area contributed by atoms with Crippen molar-refractivity contribution in [3.05, 3.63) is 65.7 Å². The van der Waals surface area contributed by atoms with Crippen LogP contribution in [-0.4, -0.2) is 55.7 Å². The third-order valence-electron chi connectivity index (χ3n) is 3.85. The largest absolute Gasteiger partial charge is 0.492 e. The van der Waals surface area contributed by atoms with E-state index in [1.807, 2.05) is 63.6 Å². The number of hydrogen-bond acceptors (Lipinski definition) is 4. The Morgan fingerprint density at radius 1 is 0.958 bits per heavy atom. The molecule has 0 heterocycles. The third kappa shape index (κ3) is 6.32. The van der Waals surface area contributed by atoms with E-state index in [1.54, 1.807) is 0 Å². The van der Waals surface area contributed by atoms with Crippen molar-refractivity contribution in [2.24, 2.45) is 0 Å². The molecule has 0 bridgehead atoms. The van der Waals surface area contributed by atoms with Crippen molar-refractivity contribution in [2.45, 2.75) is 12.6 Å². The maximum atomic E-state index is 10.3. The molecule has 130 valence electrons. The van der Waals surface area contributed by atoms with Crippen LogP contribution in [0, 0.1) is 0 Å².